The Morgan fingerprint density at radius 2 is 1.53 bits per heavy atom. The maximum Gasteiger partial charge on any atom is 0.231 e. The highest BCUT2D eigenvalue weighted by Crippen LogP contribution is 2.41. The Kier molecular flexibility index (Phi) is 6.40. The second-order valence-corrected chi connectivity index (χ2v) is 7.44. The lowest BCUT2D eigenvalue weighted by molar-refractivity contribution is 0.101. The number of Topliss-reactive ketones (excluding diaryl/α,β-unsaturated/α-hetero) is 1. The molecule has 1 aliphatic heterocycles. The van der Waals surface area contributed by atoms with Gasteiger partial charge in [-0.1, -0.05) is 6.07 Å². The summed E-state index contributed by atoms with van der Waals surface area (Å²) in [7, 11) is 4.52. The van der Waals surface area contributed by atoms with Gasteiger partial charge in [-0.3, -0.25) is 4.79 Å². The number of hydrogen-bond acceptors (Lipinski definition) is 6. The summed E-state index contributed by atoms with van der Waals surface area (Å²) in [5.41, 5.74) is 1.26. The average Bonchev–Trinajstić information content (AvgIpc) is 3.15. The second-order valence-electron chi connectivity index (χ2n) is 7.44. The highest BCUT2D eigenvalue weighted by Gasteiger charge is 2.31. The van der Waals surface area contributed by atoms with Gasteiger partial charge in [0.05, 0.1) is 32.5 Å². The first-order valence-corrected chi connectivity index (χ1v) is 10.3. The molecule has 0 bridgehead atoms. The fraction of sp³-hybridized carbons (Fsp3) is 0.192. The van der Waals surface area contributed by atoms with E-state index in [1.165, 1.54) is 39.5 Å². The lowest BCUT2D eigenvalue weighted by Gasteiger charge is -2.13. The number of ether oxygens (including phenoxy) is 5. The zero-order valence-corrected chi connectivity index (χ0v) is 19.0. The predicted octanol–water partition coefficient (Wildman–Crippen LogP) is 5.49. The van der Waals surface area contributed by atoms with E-state index >= 15 is 0 Å². The Morgan fingerprint density at radius 3 is 2.18 bits per heavy atom. The monoisotopic (exact) mass is 468 g/mol. The molecule has 3 aromatic carbocycles. The van der Waals surface area contributed by atoms with E-state index in [1.807, 2.05) is 0 Å². The van der Waals surface area contributed by atoms with E-state index in [2.05, 4.69) is 0 Å². The minimum absolute atomic E-state index is 0.0842. The molecule has 4 rings (SSSR count). The Hall–Kier alpha value is -4.07. The lowest BCUT2D eigenvalue weighted by Crippen LogP contribution is -2.03. The van der Waals surface area contributed by atoms with Crippen LogP contribution < -0.4 is 23.7 Å². The van der Waals surface area contributed by atoms with Gasteiger partial charge < -0.3 is 23.7 Å². The van der Waals surface area contributed by atoms with Crippen LogP contribution in [-0.4, -0.2) is 27.1 Å². The van der Waals surface area contributed by atoms with E-state index in [4.69, 9.17) is 23.7 Å². The number of allylic oxidation sites excluding steroid dienone is 1. The van der Waals surface area contributed by atoms with Gasteiger partial charge in [0.25, 0.3) is 0 Å². The van der Waals surface area contributed by atoms with Crippen LogP contribution in [0.25, 0.3) is 6.08 Å². The minimum Gasteiger partial charge on any atom is -0.496 e. The Bertz CT molecular complexity index is 1280. The molecule has 0 fully saturated rings. The van der Waals surface area contributed by atoms with E-state index in [0.29, 0.717) is 45.4 Å². The van der Waals surface area contributed by atoms with Gasteiger partial charge in [0.2, 0.25) is 5.78 Å². The number of benzene rings is 3. The van der Waals surface area contributed by atoms with Crippen molar-refractivity contribution in [1.29, 1.82) is 0 Å². The first-order valence-electron chi connectivity index (χ1n) is 10.3. The van der Waals surface area contributed by atoms with Crippen molar-refractivity contribution < 1.29 is 37.3 Å². The van der Waals surface area contributed by atoms with E-state index in [9.17, 15) is 13.6 Å². The fourth-order valence-electron chi connectivity index (χ4n) is 3.65. The van der Waals surface area contributed by atoms with Crippen LogP contribution in [0.2, 0.25) is 0 Å². The van der Waals surface area contributed by atoms with Crippen LogP contribution in [0, 0.1) is 18.6 Å². The van der Waals surface area contributed by atoms with Crippen molar-refractivity contribution in [1.82, 2.24) is 0 Å². The number of ketones is 1. The fourth-order valence-corrected chi connectivity index (χ4v) is 3.65. The minimum atomic E-state index is -0.695. The molecule has 0 saturated heterocycles. The van der Waals surface area contributed by atoms with E-state index < -0.39 is 11.6 Å². The molecule has 1 heterocycles. The molecule has 8 heteroatoms. The summed E-state index contributed by atoms with van der Waals surface area (Å²) in [6.07, 6.45) is 1.55. The van der Waals surface area contributed by atoms with Crippen LogP contribution in [0.3, 0.4) is 0 Å². The van der Waals surface area contributed by atoms with Gasteiger partial charge in [-0.25, -0.2) is 8.78 Å². The Balaban J connectivity index is 1.64. The highest BCUT2D eigenvalue weighted by molar-refractivity contribution is 6.15. The molecule has 0 aromatic heterocycles. The second kappa shape index (κ2) is 9.43. The normalized spacial score (nSPS) is 13.5. The third-order valence-corrected chi connectivity index (χ3v) is 5.49. The molecule has 0 amide bonds. The molecule has 1 aliphatic rings. The molecule has 0 spiro atoms. The number of rotatable bonds is 7. The van der Waals surface area contributed by atoms with Crippen molar-refractivity contribution in [3.8, 4) is 28.7 Å². The number of carbonyl (C=O) groups excluding carboxylic acids is 1. The Morgan fingerprint density at radius 1 is 0.882 bits per heavy atom. The van der Waals surface area contributed by atoms with Crippen LogP contribution in [0.5, 0.6) is 28.7 Å². The Labute approximate surface area is 195 Å². The maximum atomic E-state index is 13.9. The van der Waals surface area contributed by atoms with Gasteiger partial charge in [0.15, 0.2) is 17.3 Å². The molecule has 3 aromatic rings. The zero-order valence-electron chi connectivity index (χ0n) is 19.0. The topological polar surface area (TPSA) is 63.2 Å². The van der Waals surface area contributed by atoms with Gasteiger partial charge in [-0.15, -0.1) is 0 Å². The number of carbonyl (C=O) groups is 1. The molecule has 34 heavy (non-hydrogen) atoms. The van der Waals surface area contributed by atoms with E-state index in [-0.39, 0.29) is 23.7 Å². The van der Waals surface area contributed by atoms with Crippen LogP contribution in [-0.2, 0) is 6.61 Å². The van der Waals surface area contributed by atoms with Gasteiger partial charge in [0, 0.05) is 17.2 Å². The van der Waals surface area contributed by atoms with Crippen LogP contribution in [0.1, 0.15) is 27.0 Å². The van der Waals surface area contributed by atoms with Gasteiger partial charge in [-0.05, 0) is 43.3 Å². The van der Waals surface area contributed by atoms with Crippen LogP contribution in [0.15, 0.2) is 48.2 Å². The predicted molar refractivity (Wildman–Crippen MR) is 121 cm³/mol. The van der Waals surface area contributed by atoms with Crippen LogP contribution in [0.4, 0.5) is 8.78 Å². The molecule has 0 saturated carbocycles. The first-order chi connectivity index (χ1) is 16.4. The van der Waals surface area contributed by atoms with Crippen molar-refractivity contribution >= 4 is 11.9 Å². The molecule has 6 nitrogen and oxygen atoms in total. The van der Waals surface area contributed by atoms with Crippen molar-refractivity contribution in [2.75, 3.05) is 21.3 Å². The summed E-state index contributed by atoms with van der Waals surface area (Å²) in [5, 5.41) is 0. The average molecular weight is 468 g/mol. The maximum absolute atomic E-state index is 13.9. The van der Waals surface area contributed by atoms with Gasteiger partial charge >= 0.3 is 0 Å². The summed E-state index contributed by atoms with van der Waals surface area (Å²) in [5.74, 6) is 0.449. The van der Waals surface area contributed by atoms with Gasteiger partial charge in [-0.2, -0.15) is 0 Å². The van der Waals surface area contributed by atoms with E-state index in [0.717, 1.165) is 0 Å². The summed E-state index contributed by atoms with van der Waals surface area (Å²) in [6.45, 7) is 1.40. The quantitative estimate of drug-likeness (QED) is 0.427. The van der Waals surface area contributed by atoms with Crippen molar-refractivity contribution in [2.24, 2.45) is 0 Å². The molecular weight excluding hydrogens is 446 g/mol. The summed E-state index contributed by atoms with van der Waals surface area (Å²) < 4.78 is 55.4. The molecule has 176 valence electrons. The van der Waals surface area contributed by atoms with Gasteiger partial charge in [0.1, 0.15) is 35.5 Å². The third kappa shape index (κ3) is 4.14. The number of fused-ring (bicyclic) bond motifs is 1. The summed E-state index contributed by atoms with van der Waals surface area (Å²) >= 11 is 0. The third-order valence-electron chi connectivity index (χ3n) is 5.49. The smallest absolute Gasteiger partial charge is 0.231 e. The lowest BCUT2D eigenvalue weighted by atomic mass is 10.1. The summed E-state index contributed by atoms with van der Waals surface area (Å²) in [6, 6.07) is 10.1. The number of halogens is 2. The van der Waals surface area contributed by atoms with Crippen molar-refractivity contribution in [2.45, 2.75) is 13.5 Å². The molecule has 0 radical (unpaired) electrons. The van der Waals surface area contributed by atoms with Crippen LogP contribution >= 0.6 is 0 Å². The molecule has 0 unspecified atom stereocenters. The zero-order chi connectivity index (χ0) is 24.4. The standard InChI is InChI=1S/C26H22F2O6/c1-14-20(33-13-17-18(27)6-5-7-19(17)28)9-8-16-25(29)24(34-26(14)16)11-15-10-22(31-3)23(32-4)12-21(15)30-2/h5-12H,13H2,1-4H3/b24-11-. The number of hydrogen-bond donors (Lipinski definition) is 0. The number of methoxy groups -OCH3 is 3. The van der Waals surface area contributed by atoms with E-state index in [1.54, 1.807) is 37.3 Å². The van der Waals surface area contributed by atoms with Crippen molar-refractivity contribution in [3.63, 3.8) is 0 Å². The first kappa shape index (κ1) is 23.1. The molecule has 0 N–H and O–H groups in total. The summed E-state index contributed by atoms with van der Waals surface area (Å²) in [4.78, 5) is 13.0. The molecule has 0 aliphatic carbocycles. The molecular formula is C26H22F2O6. The van der Waals surface area contributed by atoms with Crippen molar-refractivity contribution in [3.05, 3.63) is 82.1 Å². The highest BCUT2D eigenvalue weighted by atomic mass is 19.1. The molecule has 0 atom stereocenters. The largest absolute Gasteiger partial charge is 0.496 e. The SMILES string of the molecule is COc1cc(OC)c(OC)cc1/C=C1\Oc2c(ccc(OCc3c(F)cccc3F)c2C)C1=O.